The number of carbonyl (C=O) groups excluding carboxylic acids is 2. The summed E-state index contributed by atoms with van der Waals surface area (Å²) in [5, 5.41) is 9.91. The van der Waals surface area contributed by atoms with Crippen molar-refractivity contribution < 1.29 is 18.0 Å². The Balaban J connectivity index is 1.66. The first-order valence-electron chi connectivity index (χ1n) is 15.4. The van der Waals surface area contributed by atoms with Crippen molar-refractivity contribution in [3.05, 3.63) is 23.3 Å². The van der Waals surface area contributed by atoms with Crippen molar-refractivity contribution in [2.24, 2.45) is 56.7 Å². The Kier molecular flexibility index (Phi) is 6.76. The van der Waals surface area contributed by atoms with Crippen LogP contribution < -0.4 is 4.72 Å². The second-order valence-electron chi connectivity index (χ2n) is 15.3. The highest BCUT2D eigenvalue weighted by Crippen LogP contribution is 2.74. The van der Waals surface area contributed by atoms with Crippen molar-refractivity contribution in [1.82, 2.24) is 4.72 Å². The topological polar surface area (TPSA) is 104 Å². The van der Waals surface area contributed by atoms with Crippen molar-refractivity contribution in [2.45, 2.75) is 93.9 Å². The maximum absolute atomic E-state index is 14.6. The predicted molar refractivity (Wildman–Crippen MR) is 156 cm³/mol. The van der Waals surface area contributed by atoms with Crippen molar-refractivity contribution in [1.29, 1.82) is 5.26 Å². The van der Waals surface area contributed by atoms with Crippen LogP contribution in [0.3, 0.4) is 0 Å². The van der Waals surface area contributed by atoms with Gasteiger partial charge in [0.05, 0.1) is 11.3 Å². The van der Waals surface area contributed by atoms with E-state index >= 15 is 0 Å². The van der Waals surface area contributed by atoms with Crippen LogP contribution in [0.2, 0.25) is 0 Å². The summed E-state index contributed by atoms with van der Waals surface area (Å²) in [7, 11) is -3.35. The zero-order chi connectivity index (χ0) is 29.7. The third-order valence-corrected chi connectivity index (χ3v) is 14.8. The van der Waals surface area contributed by atoms with Crippen LogP contribution in [0, 0.1) is 68.0 Å². The minimum Gasteiger partial charge on any atom is -0.295 e. The van der Waals surface area contributed by atoms with Crippen LogP contribution in [0.4, 0.5) is 0 Å². The lowest BCUT2D eigenvalue weighted by Crippen LogP contribution is -2.66. The first-order valence-corrected chi connectivity index (χ1v) is 17.0. The molecule has 40 heavy (non-hydrogen) atoms. The fourth-order valence-corrected chi connectivity index (χ4v) is 11.4. The maximum atomic E-state index is 14.6. The van der Waals surface area contributed by atoms with E-state index in [1.807, 2.05) is 26.0 Å². The van der Waals surface area contributed by atoms with Gasteiger partial charge >= 0.3 is 0 Å². The summed E-state index contributed by atoms with van der Waals surface area (Å²) in [6, 6.07) is 2.18. The highest BCUT2D eigenvalue weighted by molar-refractivity contribution is 7.89. The molecule has 0 bridgehead atoms. The van der Waals surface area contributed by atoms with Gasteiger partial charge in [0.1, 0.15) is 6.07 Å². The molecule has 7 heteroatoms. The normalized spacial score (nSPS) is 46.1. The van der Waals surface area contributed by atoms with Crippen LogP contribution in [0.1, 0.15) is 93.9 Å². The van der Waals surface area contributed by atoms with E-state index in [1.165, 1.54) is 0 Å². The van der Waals surface area contributed by atoms with Gasteiger partial charge in [0, 0.05) is 23.3 Å². The molecule has 0 saturated heterocycles. The molecule has 5 rings (SSSR count). The van der Waals surface area contributed by atoms with Gasteiger partial charge in [0.15, 0.2) is 11.6 Å². The molecule has 3 saturated carbocycles. The number of allylic oxidation sites excluding steroid dienone is 4. The predicted octanol–water partition coefficient (Wildman–Crippen LogP) is 6.00. The molecular formula is C33H48N2O4S. The number of sulfonamides is 1. The molecule has 0 heterocycles. The Hall–Kier alpha value is -1.78. The van der Waals surface area contributed by atoms with E-state index in [-0.39, 0.29) is 56.9 Å². The fraction of sp³-hybridized carbons (Fsp3) is 0.788. The van der Waals surface area contributed by atoms with E-state index < -0.39 is 20.9 Å². The van der Waals surface area contributed by atoms with Gasteiger partial charge in [0.25, 0.3) is 0 Å². The van der Waals surface area contributed by atoms with Crippen molar-refractivity contribution in [3.63, 3.8) is 0 Å². The molecule has 9 atom stereocenters. The highest BCUT2D eigenvalue weighted by atomic mass is 32.2. The molecule has 5 aliphatic rings. The molecule has 5 aliphatic carbocycles. The molecule has 3 fully saturated rings. The van der Waals surface area contributed by atoms with Crippen LogP contribution in [0.25, 0.3) is 0 Å². The Labute approximate surface area is 241 Å². The Morgan fingerprint density at radius 3 is 2.33 bits per heavy atom. The van der Waals surface area contributed by atoms with E-state index in [0.717, 1.165) is 44.1 Å². The second kappa shape index (κ2) is 9.11. The SMILES string of the molecule is CCS(=O)(=O)NC[C@]12CC[C@@H](C)[C@H](C)[C@H]1[C@H]1C(=O)C=C3[C@@]4(C)C=C(C#N)C(=O)C(C)(C)[C@@H]4CC[C@@]3(C)[C@]1(C)CC2. The Morgan fingerprint density at radius 1 is 1.02 bits per heavy atom. The molecule has 6 nitrogen and oxygen atoms in total. The van der Waals surface area contributed by atoms with Crippen LogP contribution in [-0.2, 0) is 19.6 Å². The van der Waals surface area contributed by atoms with E-state index in [2.05, 4.69) is 45.4 Å². The van der Waals surface area contributed by atoms with Crippen molar-refractivity contribution >= 4 is 21.6 Å². The molecule has 0 aromatic carbocycles. The number of nitrogens with zero attached hydrogens (tertiary/aromatic N) is 1. The number of hydrogen-bond donors (Lipinski definition) is 1. The zero-order valence-corrected chi connectivity index (χ0v) is 26.5. The lowest BCUT2D eigenvalue weighted by molar-refractivity contribution is -0.175. The highest BCUT2D eigenvalue weighted by Gasteiger charge is 2.70. The molecule has 0 spiro atoms. The van der Waals surface area contributed by atoms with Crippen LogP contribution in [-0.4, -0.2) is 32.3 Å². The standard InChI is InChI=1S/C33H48N2O4S/c1-9-40(38,39)35-19-33-13-10-20(2)21(3)26(33)27-23(36)16-25-30(6)17-22(18-34)28(37)29(4,5)24(30)11-12-31(25,7)32(27,8)14-15-33/h16-17,20-21,24,26-27,35H,9-15,19H2,1-8H3/t20-,21+,24+,26+,27-,30+,31-,32-,33-/m1/s1. The molecular weight excluding hydrogens is 520 g/mol. The molecule has 0 amide bonds. The van der Waals surface area contributed by atoms with Gasteiger partial charge in [-0.3, -0.25) is 9.59 Å². The molecule has 0 aliphatic heterocycles. The van der Waals surface area contributed by atoms with Crippen LogP contribution in [0.15, 0.2) is 23.3 Å². The van der Waals surface area contributed by atoms with Gasteiger partial charge in [-0.25, -0.2) is 13.1 Å². The van der Waals surface area contributed by atoms with Crippen LogP contribution >= 0.6 is 0 Å². The van der Waals surface area contributed by atoms with Gasteiger partial charge in [-0.15, -0.1) is 0 Å². The monoisotopic (exact) mass is 568 g/mol. The van der Waals surface area contributed by atoms with E-state index in [1.54, 1.807) is 6.92 Å². The van der Waals surface area contributed by atoms with E-state index in [4.69, 9.17) is 0 Å². The number of fused-ring (bicyclic) bond motifs is 7. The third kappa shape index (κ3) is 3.77. The summed E-state index contributed by atoms with van der Waals surface area (Å²) in [5.74, 6) is 0.830. The van der Waals surface area contributed by atoms with Gasteiger partial charge < -0.3 is 0 Å². The van der Waals surface area contributed by atoms with E-state index in [9.17, 15) is 23.3 Å². The minimum absolute atomic E-state index is 0.0247. The van der Waals surface area contributed by atoms with E-state index in [0.29, 0.717) is 18.4 Å². The number of rotatable bonds is 4. The average molecular weight is 569 g/mol. The van der Waals surface area contributed by atoms with Crippen molar-refractivity contribution in [3.8, 4) is 6.07 Å². The molecule has 0 unspecified atom stereocenters. The summed E-state index contributed by atoms with van der Waals surface area (Å²) in [6.45, 7) is 17.4. The first-order chi connectivity index (χ1) is 18.4. The van der Waals surface area contributed by atoms with Crippen molar-refractivity contribution in [2.75, 3.05) is 12.3 Å². The fourth-order valence-electron chi connectivity index (χ4n) is 10.7. The lowest BCUT2D eigenvalue weighted by atomic mass is 9.34. The Morgan fingerprint density at radius 2 is 1.70 bits per heavy atom. The largest absolute Gasteiger partial charge is 0.295 e. The summed E-state index contributed by atoms with van der Waals surface area (Å²) in [6.07, 6.45) is 9.33. The smallest absolute Gasteiger partial charge is 0.211 e. The zero-order valence-electron chi connectivity index (χ0n) is 25.7. The number of nitriles is 1. The summed E-state index contributed by atoms with van der Waals surface area (Å²) in [4.78, 5) is 27.8. The number of ketones is 2. The lowest BCUT2D eigenvalue weighted by Gasteiger charge is -2.69. The van der Waals surface area contributed by atoms with Crippen LogP contribution in [0.5, 0.6) is 0 Å². The number of Topliss-reactive ketones (excluding diaryl/α,β-unsaturated/α-hetero) is 1. The summed E-state index contributed by atoms with van der Waals surface area (Å²) >= 11 is 0. The molecule has 0 aromatic heterocycles. The number of carbonyl (C=O) groups is 2. The van der Waals surface area contributed by atoms with Gasteiger partial charge in [0.2, 0.25) is 10.0 Å². The quantitative estimate of drug-likeness (QED) is 0.448. The number of hydrogen-bond acceptors (Lipinski definition) is 5. The molecule has 220 valence electrons. The molecule has 1 N–H and O–H groups in total. The third-order valence-electron chi connectivity index (χ3n) is 13.4. The maximum Gasteiger partial charge on any atom is 0.211 e. The van der Waals surface area contributed by atoms with Gasteiger partial charge in [-0.05, 0) is 91.4 Å². The van der Waals surface area contributed by atoms with Gasteiger partial charge in [-0.1, -0.05) is 60.1 Å². The molecule has 0 radical (unpaired) electrons. The minimum atomic E-state index is -3.35. The average Bonchev–Trinajstić information content (AvgIpc) is 2.89. The Bertz CT molecular complexity index is 1350. The number of nitrogens with one attached hydrogen (secondary N) is 1. The second-order valence-corrected chi connectivity index (χ2v) is 17.4. The summed E-state index contributed by atoms with van der Waals surface area (Å²) < 4.78 is 28.1. The van der Waals surface area contributed by atoms with Gasteiger partial charge in [-0.2, -0.15) is 5.26 Å². The summed E-state index contributed by atoms with van der Waals surface area (Å²) in [5.41, 5.74) is -0.696. The first kappa shape index (κ1) is 29.7. The molecule has 0 aromatic rings.